The van der Waals surface area contributed by atoms with Crippen molar-refractivity contribution in [3.63, 3.8) is 0 Å². The zero-order chi connectivity index (χ0) is 12.1. The second-order valence-corrected chi connectivity index (χ2v) is 3.73. The smallest absolute Gasteiger partial charge is 0.218 e. The van der Waals surface area contributed by atoms with Crippen molar-refractivity contribution in [3.05, 3.63) is 48.4 Å². The molecule has 17 heavy (non-hydrogen) atoms. The highest BCUT2D eigenvalue weighted by atomic mass is 19.1. The molecule has 2 rings (SSSR count). The molecule has 0 aliphatic carbocycles. The molecular formula is C12H13FN4. The number of hydrogen-bond donors (Lipinski definition) is 0. The molecule has 4 nitrogen and oxygen atoms in total. The Balaban J connectivity index is 1.96. The first kappa shape index (κ1) is 11.4. The fourth-order valence-corrected chi connectivity index (χ4v) is 1.49. The molecule has 0 bridgehead atoms. The Kier molecular flexibility index (Phi) is 3.59. The Hall–Kier alpha value is -2.04. The molecule has 0 atom stereocenters. The average molecular weight is 232 g/mol. The van der Waals surface area contributed by atoms with Gasteiger partial charge in [-0.2, -0.15) is 4.39 Å². The second kappa shape index (κ2) is 5.34. The van der Waals surface area contributed by atoms with Gasteiger partial charge in [-0.25, -0.2) is 9.97 Å². The summed E-state index contributed by atoms with van der Waals surface area (Å²) >= 11 is 0. The van der Waals surface area contributed by atoms with Crippen molar-refractivity contribution < 1.29 is 4.39 Å². The lowest BCUT2D eigenvalue weighted by Crippen LogP contribution is -2.21. The van der Waals surface area contributed by atoms with Crippen LogP contribution in [0.1, 0.15) is 5.56 Å². The number of likely N-dealkylation sites (N-methyl/N-ethyl adjacent to an activating group) is 1. The molecule has 2 heterocycles. The lowest BCUT2D eigenvalue weighted by Gasteiger charge is -2.17. The molecule has 0 spiro atoms. The van der Waals surface area contributed by atoms with E-state index in [9.17, 15) is 4.39 Å². The topological polar surface area (TPSA) is 41.9 Å². The van der Waals surface area contributed by atoms with Gasteiger partial charge in [-0.1, -0.05) is 0 Å². The largest absolute Gasteiger partial charge is 0.359 e. The SMILES string of the molecule is CN(CCc1ccncc1)c1cc(F)ncn1. The Labute approximate surface area is 99.2 Å². The van der Waals surface area contributed by atoms with E-state index in [1.165, 1.54) is 18.0 Å². The molecule has 2 aromatic rings. The van der Waals surface area contributed by atoms with Gasteiger partial charge in [0.1, 0.15) is 12.1 Å². The van der Waals surface area contributed by atoms with Gasteiger partial charge in [0.2, 0.25) is 5.95 Å². The standard InChI is InChI=1S/C12H13FN4/c1-17(12-8-11(13)15-9-16-12)7-4-10-2-5-14-6-3-10/h2-3,5-6,8-9H,4,7H2,1H3. The quantitative estimate of drug-likeness (QED) is 0.752. The maximum absolute atomic E-state index is 12.9. The lowest BCUT2D eigenvalue weighted by molar-refractivity contribution is 0.578. The van der Waals surface area contributed by atoms with Crippen LogP contribution < -0.4 is 4.90 Å². The van der Waals surface area contributed by atoms with Gasteiger partial charge >= 0.3 is 0 Å². The van der Waals surface area contributed by atoms with Crippen molar-refractivity contribution in [1.82, 2.24) is 15.0 Å². The van der Waals surface area contributed by atoms with E-state index in [4.69, 9.17) is 0 Å². The molecule has 0 radical (unpaired) electrons. The number of halogens is 1. The van der Waals surface area contributed by atoms with E-state index in [0.717, 1.165) is 13.0 Å². The predicted molar refractivity (Wildman–Crippen MR) is 63.2 cm³/mol. The number of aromatic nitrogens is 3. The first-order valence-corrected chi connectivity index (χ1v) is 5.33. The third-order valence-electron chi connectivity index (χ3n) is 2.50. The first-order chi connectivity index (χ1) is 8.25. The van der Waals surface area contributed by atoms with Gasteiger partial charge < -0.3 is 4.90 Å². The van der Waals surface area contributed by atoms with Gasteiger partial charge in [-0.3, -0.25) is 4.98 Å². The van der Waals surface area contributed by atoms with Gasteiger partial charge in [0.25, 0.3) is 0 Å². The summed E-state index contributed by atoms with van der Waals surface area (Å²) in [5.41, 5.74) is 1.20. The minimum absolute atomic E-state index is 0.509. The average Bonchev–Trinajstić information content (AvgIpc) is 2.37. The number of hydrogen-bond acceptors (Lipinski definition) is 4. The molecule has 0 saturated heterocycles. The third kappa shape index (κ3) is 3.21. The predicted octanol–water partition coefficient (Wildman–Crippen LogP) is 1.69. The lowest BCUT2D eigenvalue weighted by atomic mass is 10.2. The molecular weight excluding hydrogens is 219 g/mol. The molecule has 88 valence electrons. The van der Waals surface area contributed by atoms with Crippen LogP contribution in [-0.4, -0.2) is 28.5 Å². The zero-order valence-electron chi connectivity index (χ0n) is 9.55. The van der Waals surface area contributed by atoms with Gasteiger partial charge in [-0.15, -0.1) is 0 Å². The molecule has 0 aromatic carbocycles. The Bertz CT molecular complexity index is 475. The maximum atomic E-state index is 12.9. The van der Waals surface area contributed by atoms with E-state index in [0.29, 0.717) is 5.82 Å². The zero-order valence-corrected chi connectivity index (χ0v) is 9.55. The number of pyridine rings is 1. The van der Waals surface area contributed by atoms with E-state index >= 15 is 0 Å². The van der Waals surface area contributed by atoms with E-state index in [1.807, 2.05) is 24.1 Å². The van der Waals surface area contributed by atoms with Crippen LogP contribution in [0.4, 0.5) is 10.2 Å². The molecule has 2 aromatic heterocycles. The molecule has 0 saturated carbocycles. The summed E-state index contributed by atoms with van der Waals surface area (Å²) in [5.74, 6) is 0.0808. The van der Waals surface area contributed by atoms with Crippen LogP contribution in [0.25, 0.3) is 0 Å². The minimum atomic E-state index is -0.509. The normalized spacial score (nSPS) is 10.2. The summed E-state index contributed by atoms with van der Waals surface area (Å²) in [6.07, 6.45) is 5.62. The van der Waals surface area contributed by atoms with E-state index < -0.39 is 5.95 Å². The summed E-state index contributed by atoms with van der Waals surface area (Å²) < 4.78 is 12.9. The second-order valence-electron chi connectivity index (χ2n) is 3.73. The monoisotopic (exact) mass is 232 g/mol. The highest BCUT2D eigenvalue weighted by Crippen LogP contribution is 2.09. The molecule has 0 aliphatic heterocycles. The Morgan fingerprint density at radius 3 is 2.71 bits per heavy atom. The van der Waals surface area contributed by atoms with E-state index in [1.54, 1.807) is 12.4 Å². The molecule has 5 heteroatoms. The van der Waals surface area contributed by atoms with Crippen LogP contribution in [0, 0.1) is 5.95 Å². The van der Waals surface area contributed by atoms with Gasteiger partial charge in [0, 0.05) is 32.1 Å². The summed E-state index contributed by atoms with van der Waals surface area (Å²) in [5, 5.41) is 0. The minimum Gasteiger partial charge on any atom is -0.359 e. The molecule has 0 amide bonds. The third-order valence-corrected chi connectivity index (χ3v) is 2.50. The Morgan fingerprint density at radius 2 is 2.00 bits per heavy atom. The number of nitrogens with zero attached hydrogens (tertiary/aromatic N) is 4. The summed E-state index contributed by atoms with van der Waals surface area (Å²) in [6.45, 7) is 0.764. The van der Waals surface area contributed by atoms with Crippen LogP contribution in [0.3, 0.4) is 0 Å². The van der Waals surface area contributed by atoms with Crippen molar-refractivity contribution in [3.8, 4) is 0 Å². The number of rotatable bonds is 4. The van der Waals surface area contributed by atoms with Crippen LogP contribution in [-0.2, 0) is 6.42 Å². The highest BCUT2D eigenvalue weighted by Gasteiger charge is 2.04. The Morgan fingerprint density at radius 1 is 1.24 bits per heavy atom. The summed E-state index contributed by atoms with van der Waals surface area (Å²) in [6, 6.07) is 5.26. The van der Waals surface area contributed by atoms with E-state index in [-0.39, 0.29) is 0 Å². The molecule has 0 aliphatic rings. The first-order valence-electron chi connectivity index (χ1n) is 5.33. The number of anilines is 1. The van der Waals surface area contributed by atoms with Gasteiger partial charge in [0.15, 0.2) is 0 Å². The van der Waals surface area contributed by atoms with Crippen LogP contribution in [0.5, 0.6) is 0 Å². The fourth-order valence-electron chi connectivity index (χ4n) is 1.49. The highest BCUT2D eigenvalue weighted by molar-refractivity contribution is 5.35. The maximum Gasteiger partial charge on any atom is 0.218 e. The summed E-state index contributed by atoms with van der Waals surface area (Å²) in [4.78, 5) is 13.3. The summed E-state index contributed by atoms with van der Waals surface area (Å²) in [7, 11) is 1.88. The fraction of sp³-hybridized carbons (Fsp3) is 0.250. The molecule has 0 N–H and O–H groups in total. The van der Waals surface area contributed by atoms with Crippen molar-refractivity contribution >= 4 is 5.82 Å². The van der Waals surface area contributed by atoms with Crippen LogP contribution in [0.15, 0.2) is 36.9 Å². The van der Waals surface area contributed by atoms with Crippen molar-refractivity contribution in [1.29, 1.82) is 0 Å². The molecule has 0 fully saturated rings. The van der Waals surface area contributed by atoms with Gasteiger partial charge in [-0.05, 0) is 24.1 Å². The van der Waals surface area contributed by atoms with Crippen molar-refractivity contribution in [2.75, 3.05) is 18.5 Å². The van der Waals surface area contributed by atoms with Crippen molar-refractivity contribution in [2.24, 2.45) is 0 Å². The van der Waals surface area contributed by atoms with Crippen molar-refractivity contribution in [2.45, 2.75) is 6.42 Å². The molecule has 0 unspecified atom stereocenters. The van der Waals surface area contributed by atoms with Gasteiger partial charge in [0.05, 0.1) is 0 Å². The van der Waals surface area contributed by atoms with E-state index in [2.05, 4.69) is 15.0 Å². The van der Waals surface area contributed by atoms with Crippen LogP contribution in [0.2, 0.25) is 0 Å². The van der Waals surface area contributed by atoms with Crippen LogP contribution >= 0.6 is 0 Å².